The maximum atomic E-state index is 11.9. The average molecular weight is 328 g/mol. The summed E-state index contributed by atoms with van der Waals surface area (Å²) in [4.78, 5) is 12.4. The van der Waals surface area contributed by atoms with E-state index in [1.807, 2.05) is 0 Å². The van der Waals surface area contributed by atoms with Gasteiger partial charge >= 0.3 is 0 Å². The van der Waals surface area contributed by atoms with Crippen molar-refractivity contribution >= 4 is 21.8 Å². The Bertz CT molecular complexity index is 464. The molecule has 4 nitrogen and oxygen atoms in total. The van der Waals surface area contributed by atoms with Crippen molar-refractivity contribution in [1.29, 1.82) is 0 Å². The summed E-state index contributed by atoms with van der Waals surface area (Å²) in [5.41, 5.74) is 0.359. The van der Waals surface area contributed by atoms with Crippen molar-refractivity contribution < 1.29 is 15.0 Å². The highest BCUT2D eigenvalue weighted by Gasteiger charge is 2.23. The van der Waals surface area contributed by atoms with E-state index in [0.29, 0.717) is 22.9 Å². The largest absolute Gasteiger partial charge is 0.504 e. The van der Waals surface area contributed by atoms with Crippen molar-refractivity contribution in [2.45, 2.75) is 30.5 Å². The summed E-state index contributed by atoms with van der Waals surface area (Å²) in [5, 5.41) is 21.5. The monoisotopic (exact) mass is 327 g/mol. The van der Waals surface area contributed by atoms with Gasteiger partial charge < -0.3 is 15.5 Å². The topological polar surface area (TPSA) is 69.6 Å². The van der Waals surface area contributed by atoms with E-state index in [0.717, 1.165) is 12.8 Å². The maximum absolute atomic E-state index is 11.9. The first kappa shape index (κ1) is 14.2. The van der Waals surface area contributed by atoms with Gasteiger partial charge in [-0.05, 0) is 37.0 Å². The molecule has 0 aromatic heterocycles. The molecule has 1 aliphatic carbocycles. The number of aromatic hydroxyl groups is 2. The van der Waals surface area contributed by atoms with Gasteiger partial charge in [-0.2, -0.15) is 0 Å². The molecule has 0 spiro atoms. The van der Waals surface area contributed by atoms with Crippen LogP contribution >= 0.6 is 15.9 Å². The van der Waals surface area contributed by atoms with Gasteiger partial charge in [0.25, 0.3) is 5.91 Å². The number of halogens is 1. The van der Waals surface area contributed by atoms with Gasteiger partial charge in [-0.15, -0.1) is 0 Å². The van der Waals surface area contributed by atoms with Crippen LogP contribution in [0.15, 0.2) is 18.2 Å². The lowest BCUT2D eigenvalue weighted by molar-refractivity contribution is 0.0944. The van der Waals surface area contributed by atoms with Crippen LogP contribution in [0.2, 0.25) is 0 Å². The Balaban J connectivity index is 1.91. The molecule has 1 fully saturated rings. The highest BCUT2D eigenvalue weighted by molar-refractivity contribution is 9.09. The van der Waals surface area contributed by atoms with Gasteiger partial charge in [0.1, 0.15) is 0 Å². The Morgan fingerprint density at radius 1 is 1.26 bits per heavy atom. The molecule has 0 bridgehead atoms. The first-order valence-electron chi connectivity index (χ1n) is 6.52. The lowest BCUT2D eigenvalue weighted by Crippen LogP contribution is -2.34. The quantitative estimate of drug-likeness (QED) is 0.590. The van der Waals surface area contributed by atoms with E-state index in [-0.39, 0.29) is 17.4 Å². The molecule has 5 heteroatoms. The number of phenols is 2. The van der Waals surface area contributed by atoms with E-state index >= 15 is 0 Å². The average Bonchev–Trinajstić information content (AvgIpc) is 2.40. The van der Waals surface area contributed by atoms with Gasteiger partial charge in [0.2, 0.25) is 0 Å². The summed E-state index contributed by atoms with van der Waals surface area (Å²) in [5.74, 6) is -0.253. The third kappa shape index (κ3) is 3.62. The minimum Gasteiger partial charge on any atom is -0.504 e. The first-order chi connectivity index (χ1) is 9.08. The Labute approximate surface area is 121 Å². The SMILES string of the molecule is O=C(NCC1CCCCC1Br)c1ccc(O)c(O)c1. The summed E-state index contributed by atoms with van der Waals surface area (Å²) in [6.45, 7) is 0.635. The summed E-state index contributed by atoms with van der Waals surface area (Å²) in [7, 11) is 0. The summed E-state index contributed by atoms with van der Waals surface area (Å²) >= 11 is 3.66. The molecule has 0 radical (unpaired) electrons. The molecule has 3 N–H and O–H groups in total. The minimum absolute atomic E-state index is 0.218. The fourth-order valence-electron chi connectivity index (χ4n) is 2.38. The van der Waals surface area contributed by atoms with E-state index in [2.05, 4.69) is 21.2 Å². The van der Waals surface area contributed by atoms with Crippen LogP contribution in [0.1, 0.15) is 36.0 Å². The summed E-state index contributed by atoms with van der Waals surface area (Å²) in [6, 6.07) is 4.09. The fourth-order valence-corrected chi connectivity index (χ4v) is 3.16. The van der Waals surface area contributed by atoms with Gasteiger partial charge in [0, 0.05) is 16.9 Å². The highest BCUT2D eigenvalue weighted by Crippen LogP contribution is 2.29. The number of rotatable bonds is 3. The molecule has 1 amide bonds. The number of benzene rings is 1. The molecule has 1 aromatic carbocycles. The van der Waals surface area contributed by atoms with Crippen LogP contribution in [0.3, 0.4) is 0 Å². The third-order valence-corrected chi connectivity index (χ3v) is 4.78. The van der Waals surface area contributed by atoms with Crippen LogP contribution in [0.5, 0.6) is 11.5 Å². The molecule has 1 aliphatic rings. The smallest absolute Gasteiger partial charge is 0.251 e. The van der Waals surface area contributed by atoms with Crippen LogP contribution < -0.4 is 5.32 Å². The number of alkyl halides is 1. The van der Waals surface area contributed by atoms with E-state index in [9.17, 15) is 15.0 Å². The zero-order chi connectivity index (χ0) is 13.8. The lowest BCUT2D eigenvalue weighted by Gasteiger charge is -2.27. The van der Waals surface area contributed by atoms with Crippen molar-refractivity contribution in [3.05, 3.63) is 23.8 Å². The first-order valence-corrected chi connectivity index (χ1v) is 7.43. The molecule has 2 rings (SSSR count). The van der Waals surface area contributed by atoms with Crippen LogP contribution in [-0.2, 0) is 0 Å². The van der Waals surface area contributed by atoms with Gasteiger partial charge in [-0.3, -0.25) is 4.79 Å². The number of hydrogen-bond acceptors (Lipinski definition) is 3. The standard InChI is InChI=1S/C14H18BrNO3/c15-11-4-2-1-3-10(11)8-16-14(19)9-5-6-12(17)13(18)7-9/h5-7,10-11,17-18H,1-4,8H2,(H,16,19). The normalized spacial score (nSPS) is 23.0. The molecular formula is C14H18BrNO3. The molecule has 19 heavy (non-hydrogen) atoms. The van der Waals surface area contributed by atoms with Crippen LogP contribution in [-0.4, -0.2) is 27.5 Å². The Morgan fingerprint density at radius 3 is 2.68 bits per heavy atom. The van der Waals surface area contributed by atoms with Crippen LogP contribution in [0.4, 0.5) is 0 Å². The number of phenolic OH excluding ortho intramolecular Hbond substituents is 2. The molecular weight excluding hydrogens is 310 g/mol. The van der Waals surface area contributed by atoms with Gasteiger partial charge in [-0.25, -0.2) is 0 Å². The van der Waals surface area contributed by atoms with Gasteiger partial charge in [0.05, 0.1) is 0 Å². The van der Waals surface area contributed by atoms with Gasteiger partial charge in [0.15, 0.2) is 11.5 Å². The Morgan fingerprint density at radius 2 is 2.00 bits per heavy atom. The van der Waals surface area contributed by atoms with E-state index in [1.165, 1.54) is 31.0 Å². The van der Waals surface area contributed by atoms with Crippen molar-refractivity contribution in [3.8, 4) is 11.5 Å². The molecule has 0 aliphatic heterocycles. The zero-order valence-corrected chi connectivity index (χ0v) is 12.2. The predicted molar refractivity (Wildman–Crippen MR) is 76.8 cm³/mol. The number of carbonyl (C=O) groups excluding carboxylic acids is 1. The second-order valence-electron chi connectivity index (χ2n) is 4.97. The van der Waals surface area contributed by atoms with E-state index in [1.54, 1.807) is 0 Å². The highest BCUT2D eigenvalue weighted by atomic mass is 79.9. The van der Waals surface area contributed by atoms with Crippen molar-refractivity contribution in [1.82, 2.24) is 5.32 Å². The third-order valence-electron chi connectivity index (χ3n) is 3.58. The predicted octanol–water partition coefficient (Wildman–Crippen LogP) is 2.78. The number of nitrogens with one attached hydrogen (secondary N) is 1. The Hall–Kier alpha value is -1.23. The molecule has 1 aromatic rings. The second kappa shape index (κ2) is 6.28. The molecule has 0 heterocycles. The van der Waals surface area contributed by atoms with Crippen molar-refractivity contribution in [2.24, 2.45) is 5.92 Å². The number of hydrogen-bond donors (Lipinski definition) is 3. The lowest BCUT2D eigenvalue weighted by atomic mass is 9.89. The van der Waals surface area contributed by atoms with Gasteiger partial charge in [-0.1, -0.05) is 28.8 Å². The summed E-state index contributed by atoms with van der Waals surface area (Å²) < 4.78 is 0. The number of carbonyl (C=O) groups is 1. The van der Waals surface area contributed by atoms with Crippen LogP contribution in [0, 0.1) is 5.92 Å². The van der Waals surface area contributed by atoms with Crippen molar-refractivity contribution in [2.75, 3.05) is 6.54 Å². The van der Waals surface area contributed by atoms with Crippen LogP contribution in [0.25, 0.3) is 0 Å². The second-order valence-corrected chi connectivity index (χ2v) is 6.15. The summed E-state index contributed by atoms with van der Waals surface area (Å²) in [6.07, 6.45) is 4.73. The molecule has 2 unspecified atom stereocenters. The fraction of sp³-hybridized carbons (Fsp3) is 0.500. The number of amides is 1. The maximum Gasteiger partial charge on any atom is 0.251 e. The van der Waals surface area contributed by atoms with E-state index < -0.39 is 0 Å². The minimum atomic E-state index is -0.274. The molecule has 2 atom stereocenters. The Kier molecular flexibility index (Phi) is 4.69. The van der Waals surface area contributed by atoms with E-state index in [4.69, 9.17) is 0 Å². The van der Waals surface area contributed by atoms with Crippen molar-refractivity contribution in [3.63, 3.8) is 0 Å². The molecule has 104 valence electrons. The molecule has 0 saturated heterocycles. The molecule has 1 saturated carbocycles. The zero-order valence-electron chi connectivity index (χ0n) is 10.6.